The summed E-state index contributed by atoms with van der Waals surface area (Å²) >= 11 is 0. The minimum absolute atomic E-state index is 0.119. The van der Waals surface area contributed by atoms with Gasteiger partial charge in [-0.3, -0.25) is 9.59 Å². The number of nitrogens with zero attached hydrogens (tertiary/aromatic N) is 1. The Morgan fingerprint density at radius 1 is 1.07 bits per heavy atom. The van der Waals surface area contributed by atoms with Gasteiger partial charge in [-0.25, -0.2) is 9.59 Å². The van der Waals surface area contributed by atoms with Crippen LogP contribution in [0.15, 0.2) is 24.3 Å². The second-order valence-corrected chi connectivity index (χ2v) is 7.65. The molecule has 0 aromatic heterocycles. The van der Waals surface area contributed by atoms with Crippen molar-refractivity contribution in [2.45, 2.75) is 44.8 Å². The van der Waals surface area contributed by atoms with Crippen LogP contribution in [0.4, 0.5) is 4.79 Å². The summed E-state index contributed by atoms with van der Waals surface area (Å²) in [6.07, 6.45) is -0.559. The molecule has 1 aromatic carbocycles. The first-order chi connectivity index (χ1) is 13.1. The van der Waals surface area contributed by atoms with E-state index in [0.29, 0.717) is 5.06 Å². The summed E-state index contributed by atoms with van der Waals surface area (Å²) in [7, 11) is 0. The maximum absolute atomic E-state index is 12.9. The maximum Gasteiger partial charge on any atom is 0.408 e. The summed E-state index contributed by atoms with van der Waals surface area (Å²) in [5, 5.41) is 2.98. The van der Waals surface area contributed by atoms with Crippen molar-refractivity contribution in [3.63, 3.8) is 0 Å². The molecule has 1 saturated heterocycles. The van der Waals surface area contributed by atoms with Crippen molar-refractivity contribution >= 4 is 23.9 Å². The molecule has 2 aliphatic rings. The predicted molar refractivity (Wildman–Crippen MR) is 95.2 cm³/mol. The molecule has 0 radical (unpaired) electrons. The third-order valence-electron chi connectivity index (χ3n) is 4.41. The number of hydrogen-bond acceptors (Lipinski definition) is 7. The Hall–Kier alpha value is -2.94. The molecule has 0 aliphatic carbocycles. The molecular weight excluding hydrogens is 368 g/mol. The highest BCUT2D eigenvalue weighted by molar-refractivity contribution is 6.21. The van der Waals surface area contributed by atoms with E-state index in [1.54, 1.807) is 32.9 Å². The Labute approximate surface area is 161 Å². The molecule has 0 spiro atoms. The van der Waals surface area contributed by atoms with Crippen LogP contribution < -0.4 is 5.32 Å². The fourth-order valence-electron chi connectivity index (χ4n) is 3.02. The number of fused-ring (bicyclic) bond motifs is 1. The number of carbonyl (C=O) groups is 4. The van der Waals surface area contributed by atoms with Crippen molar-refractivity contribution in [3.8, 4) is 0 Å². The first kappa shape index (κ1) is 19.8. The van der Waals surface area contributed by atoms with E-state index in [0.717, 1.165) is 0 Å². The Morgan fingerprint density at radius 2 is 1.61 bits per heavy atom. The van der Waals surface area contributed by atoms with Gasteiger partial charge in [0, 0.05) is 26.1 Å². The average molecular weight is 390 g/mol. The molecule has 3 amide bonds. The lowest BCUT2D eigenvalue weighted by molar-refractivity contribution is -0.180. The van der Waals surface area contributed by atoms with Gasteiger partial charge in [-0.15, -0.1) is 0 Å². The van der Waals surface area contributed by atoms with Crippen molar-refractivity contribution in [2.24, 2.45) is 0 Å². The van der Waals surface area contributed by atoms with Crippen molar-refractivity contribution in [3.05, 3.63) is 35.4 Å². The quantitative estimate of drug-likeness (QED) is 0.784. The van der Waals surface area contributed by atoms with Crippen molar-refractivity contribution < 1.29 is 33.5 Å². The van der Waals surface area contributed by atoms with E-state index in [4.69, 9.17) is 14.3 Å². The molecule has 0 unspecified atom stereocenters. The summed E-state index contributed by atoms with van der Waals surface area (Å²) < 4.78 is 10.5. The van der Waals surface area contributed by atoms with Crippen LogP contribution in [0.1, 0.15) is 54.3 Å². The van der Waals surface area contributed by atoms with E-state index in [1.807, 2.05) is 0 Å². The van der Waals surface area contributed by atoms with E-state index in [2.05, 4.69) is 5.32 Å². The van der Waals surface area contributed by atoms with Crippen molar-refractivity contribution in [2.75, 3.05) is 13.2 Å². The minimum atomic E-state index is -1.46. The smallest absolute Gasteiger partial charge is 0.408 e. The van der Waals surface area contributed by atoms with Crippen LogP contribution in [0, 0.1) is 0 Å². The SMILES string of the molecule is CC(C)(C)OC(=O)NC1(C(=O)ON2C(=O)c3ccccc3C2=O)CCOCC1. The molecule has 0 saturated carbocycles. The molecule has 1 N–H and O–H groups in total. The van der Waals surface area contributed by atoms with Crippen molar-refractivity contribution in [1.29, 1.82) is 0 Å². The molecule has 9 nitrogen and oxygen atoms in total. The maximum atomic E-state index is 12.9. The highest BCUT2D eigenvalue weighted by Crippen LogP contribution is 2.27. The van der Waals surface area contributed by atoms with Crippen LogP contribution in [0.5, 0.6) is 0 Å². The second-order valence-electron chi connectivity index (χ2n) is 7.65. The van der Waals surface area contributed by atoms with Crippen LogP contribution in [0.25, 0.3) is 0 Å². The van der Waals surface area contributed by atoms with Gasteiger partial charge in [-0.1, -0.05) is 17.2 Å². The summed E-state index contributed by atoms with van der Waals surface area (Å²) in [6, 6.07) is 6.18. The van der Waals surface area contributed by atoms with Gasteiger partial charge in [0.15, 0.2) is 0 Å². The molecule has 1 aromatic rings. The molecule has 2 heterocycles. The van der Waals surface area contributed by atoms with E-state index < -0.39 is 35.0 Å². The zero-order valence-electron chi connectivity index (χ0n) is 15.9. The fraction of sp³-hybridized carbons (Fsp3) is 0.474. The number of carbonyl (C=O) groups excluding carboxylic acids is 4. The van der Waals surface area contributed by atoms with Gasteiger partial charge in [0.25, 0.3) is 11.8 Å². The monoisotopic (exact) mass is 390 g/mol. The third-order valence-corrected chi connectivity index (χ3v) is 4.41. The number of rotatable bonds is 3. The van der Waals surface area contributed by atoms with Crippen LogP contribution >= 0.6 is 0 Å². The van der Waals surface area contributed by atoms with Crippen LogP contribution in [-0.2, 0) is 19.1 Å². The molecule has 28 heavy (non-hydrogen) atoms. The summed E-state index contributed by atoms with van der Waals surface area (Å²) in [5.74, 6) is -2.38. The standard InChI is InChI=1S/C19H22N2O7/c1-18(2,3)27-17(25)20-19(8-10-26-11-9-19)16(24)28-21-14(22)12-6-4-5-7-13(12)15(21)23/h4-7H,8-11H2,1-3H3,(H,20,25). The van der Waals surface area contributed by atoms with Gasteiger partial charge in [-0.05, 0) is 32.9 Å². The lowest BCUT2D eigenvalue weighted by Gasteiger charge is -2.36. The van der Waals surface area contributed by atoms with Crippen LogP contribution in [0.2, 0.25) is 0 Å². The normalized spacial score (nSPS) is 18.5. The number of benzene rings is 1. The van der Waals surface area contributed by atoms with E-state index in [9.17, 15) is 19.2 Å². The van der Waals surface area contributed by atoms with Gasteiger partial charge in [0.1, 0.15) is 11.1 Å². The van der Waals surface area contributed by atoms with Crippen LogP contribution in [0.3, 0.4) is 0 Å². The number of amides is 3. The van der Waals surface area contributed by atoms with Gasteiger partial charge in [0.2, 0.25) is 0 Å². The minimum Gasteiger partial charge on any atom is -0.444 e. The Morgan fingerprint density at radius 3 is 2.11 bits per heavy atom. The number of ether oxygens (including phenoxy) is 2. The molecular formula is C19H22N2O7. The topological polar surface area (TPSA) is 111 Å². The zero-order valence-corrected chi connectivity index (χ0v) is 15.9. The molecule has 0 bridgehead atoms. The summed E-state index contributed by atoms with van der Waals surface area (Å²) in [4.78, 5) is 55.2. The molecule has 0 atom stereocenters. The van der Waals surface area contributed by atoms with Gasteiger partial charge in [-0.2, -0.15) is 0 Å². The van der Waals surface area contributed by atoms with E-state index in [-0.39, 0.29) is 37.2 Å². The Bertz CT molecular complexity index is 787. The number of hydroxylamine groups is 2. The second kappa shape index (κ2) is 7.23. The van der Waals surface area contributed by atoms with E-state index in [1.165, 1.54) is 12.1 Å². The zero-order chi connectivity index (χ0) is 20.5. The first-order valence-electron chi connectivity index (χ1n) is 8.92. The van der Waals surface area contributed by atoms with Crippen LogP contribution in [-0.4, -0.2) is 53.3 Å². The molecule has 1 fully saturated rings. The molecule has 3 rings (SSSR count). The number of hydrogen-bond donors (Lipinski definition) is 1. The van der Waals surface area contributed by atoms with Gasteiger partial charge >= 0.3 is 12.1 Å². The number of alkyl carbamates (subject to hydrolysis) is 1. The average Bonchev–Trinajstić information content (AvgIpc) is 2.86. The highest BCUT2D eigenvalue weighted by atomic mass is 16.7. The fourth-order valence-corrected chi connectivity index (χ4v) is 3.02. The Kier molecular flexibility index (Phi) is 5.12. The lowest BCUT2D eigenvalue weighted by Crippen LogP contribution is -2.60. The number of imide groups is 1. The van der Waals surface area contributed by atoms with E-state index >= 15 is 0 Å². The largest absolute Gasteiger partial charge is 0.444 e. The molecule has 2 aliphatic heterocycles. The molecule has 9 heteroatoms. The number of nitrogens with one attached hydrogen (secondary N) is 1. The van der Waals surface area contributed by atoms with Gasteiger partial charge < -0.3 is 19.6 Å². The summed E-state index contributed by atoms with van der Waals surface area (Å²) in [5.41, 5.74) is -1.92. The first-order valence-corrected chi connectivity index (χ1v) is 8.92. The Balaban J connectivity index is 1.78. The third kappa shape index (κ3) is 3.84. The highest BCUT2D eigenvalue weighted by Gasteiger charge is 2.48. The summed E-state index contributed by atoms with van der Waals surface area (Å²) in [6.45, 7) is 5.49. The predicted octanol–water partition coefficient (Wildman–Crippen LogP) is 1.81. The lowest BCUT2D eigenvalue weighted by atomic mass is 9.90. The molecule has 150 valence electrons. The van der Waals surface area contributed by atoms with Crippen molar-refractivity contribution in [1.82, 2.24) is 10.4 Å². The van der Waals surface area contributed by atoms with Gasteiger partial charge in [0.05, 0.1) is 11.1 Å².